The molecule has 0 spiro atoms. The van der Waals surface area contributed by atoms with E-state index in [-0.39, 0.29) is 23.2 Å². The van der Waals surface area contributed by atoms with Crippen molar-refractivity contribution in [2.45, 2.75) is 19.9 Å². The number of anilines is 3. The van der Waals surface area contributed by atoms with E-state index in [1.54, 1.807) is 12.3 Å². The predicted molar refractivity (Wildman–Crippen MR) is 98.4 cm³/mol. The highest BCUT2D eigenvalue weighted by Crippen LogP contribution is 2.21. The molecule has 1 atom stereocenters. The van der Waals surface area contributed by atoms with Crippen molar-refractivity contribution in [1.29, 1.82) is 0 Å². The molecular weight excluding hydrogens is 359 g/mol. The normalized spacial score (nSPS) is 11.8. The lowest BCUT2D eigenvalue weighted by Crippen LogP contribution is -2.14. The number of halogens is 2. The fraction of sp³-hybridized carbons (Fsp3) is 0.176. The minimum atomic E-state index is -0.391. The van der Waals surface area contributed by atoms with Gasteiger partial charge in [0.1, 0.15) is 17.3 Å². The van der Waals surface area contributed by atoms with Crippen molar-refractivity contribution in [3.63, 3.8) is 0 Å². The number of aromatic amines is 1. The minimum Gasteiger partial charge on any atom is -0.362 e. The molecule has 3 N–H and O–H groups in total. The molecule has 0 aromatic carbocycles. The zero-order valence-corrected chi connectivity index (χ0v) is 14.8. The van der Waals surface area contributed by atoms with Crippen molar-refractivity contribution >= 4 is 29.1 Å². The predicted octanol–water partition coefficient (Wildman–Crippen LogP) is 3.58. The summed E-state index contributed by atoms with van der Waals surface area (Å²) in [6, 6.07) is 4.24. The second kappa shape index (κ2) is 7.49. The SMILES string of the molecule is Cc1cnc(Nc2cc(Cl)c[nH]c2=O)nc1NC(C)c1ccc(F)cn1. The van der Waals surface area contributed by atoms with Crippen LogP contribution in [-0.4, -0.2) is 19.9 Å². The van der Waals surface area contributed by atoms with Gasteiger partial charge in [-0.2, -0.15) is 4.98 Å². The molecule has 3 aromatic rings. The van der Waals surface area contributed by atoms with Gasteiger partial charge in [0.25, 0.3) is 5.56 Å². The Balaban J connectivity index is 1.82. The molecule has 0 aliphatic heterocycles. The largest absolute Gasteiger partial charge is 0.362 e. The van der Waals surface area contributed by atoms with Gasteiger partial charge in [0.2, 0.25) is 5.95 Å². The van der Waals surface area contributed by atoms with E-state index in [0.29, 0.717) is 16.5 Å². The van der Waals surface area contributed by atoms with E-state index in [9.17, 15) is 9.18 Å². The fourth-order valence-corrected chi connectivity index (χ4v) is 2.41. The first-order chi connectivity index (χ1) is 12.4. The lowest BCUT2D eigenvalue weighted by atomic mass is 10.2. The lowest BCUT2D eigenvalue weighted by Gasteiger charge is -2.16. The Bertz CT molecular complexity index is 976. The molecule has 0 bridgehead atoms. The van der Waals surface area contributed by atoms with E-state index in [1.807, 2.05) is 13.8 Å². The Morgan fingerprint density at radius 3 is 2.81 bits per heavy atom. The maximum atomic E-state index is 13.0. The first-order valence-corrected chi connectivity index (χ1v) is 8.17. The van der Waals surface area contributed by atoms with Crippen LogP contribution in [-0.2, 0) is 0 Å². The molecule has 0 fully saturated rings. The number of nitrogens with one attached hydrogen (secondary N) is 3. The zero-order valence-electron chi connectivity index (χ0n) is 14.0. The molecule has 0 amide bonds. The molecule has 0 aliphatic rings. The van der Waals surface area contributed by atoms with Gasteiger partial charge in [0, 0.05) is 18.0 Å². The number of aryl methyl sites for hydroxylation is 1. The second-order valence-corrected chi connectivity index (χ2v) is 6.11. The van der Waals surface area contributed by atoms with Gasteiger partial charge in [-0.15, -0.1) is 0 Å². The molecule has 1 unspecified atom stereocenters. The molecule has 7 nitrogen and oxygen atoms in total. The van der Waals surface area contributed by atoms with E-state index in [1.165, 1.54) is 24.5 Å². The van der Waals surface area contributed by atoms with E-state index in [2.05, 4.69) is 30.6 Å². The highest BCUT2D eigenvalue weighted by molar-refractivity contribution is 6.30. The van der Waals surface area contributed by atoms with Crippen molar-refractivity contribution in [3.8, 4) is 0 Å². The maximum absolute atomic E-state index is 13.0. The van der Waals surface area contributed by atoms with Crippen LogP contribution in [0.15, 0.2) is 41.6 Å². The van der Waals surface area contributed by atoms with Crippen molar-refractivity contribution < 1.29 is 4.39 Å². The Kier molecular flexibility index (Phi) is 5.13. The topological polar surface area (TPSA) is 95.6 Å². The number of rotatable bonds is 5. The molecule has 134 valence electrons. The van der Waals surface area contributed by atoms with E-state index in [4.69, 9.17) is 11.6 Å². The number of pyridine rings is 2. The van der Waals surface area contributed by atoms with E-state index < -0.39 is 5.82 Å². The van der Waals surface area contributed by atoms with Crippen LogP contribution in [0.4, 0.5) is 21.8 Å². The monoisotopic (exact) mass is 374 g/mol. The highest BCUT2D eigenvalue weighted by Gasteiger charge is 2.12. The fourth-order valence-electron chi connectivity index (χ4n) is 2.24. The van der Waals surface area contributed by atoms with Crippen molar-refractivity contribution in [2.24, 2.45) is 0 Å². The standard InChI is InChI=1S/C17H16ClFN6O/c1-9-6-22-17(24-14-5-11(18)7-21-16(14)26)25-15(9)23-10(2)13-4-3-12(19)8-20-13/h3-8,10H,1-2H3,(H,21,26)(H2,22,23,24,25). The van der Waals surface area contributed by atoms with Gasteiger partial charge < -0.3 is 15.6 Å². The van der Waals surface area contributed by atoms with Gasteiger partial charge in [-0.25, -0.2) is 9.37 Å². The third-order valence-corrected chi connectivity index (χ3v) is 3.85. The summed E-state index contributed by atoms with van der Waals surface area (Å²) in [7, 11) is 0. The summed E-state index contributed by atoms with van der Waals surface area (Å²) in [5, 5.41) is 6.44. The molecule has 0 aliphatic carbocycles. The summed E-state index contributed by atoms with van der Waals surface area (Å²) < 4.78 is 13.0. The number of nitrogens with zero attached hydrogens (tertiary/aromatic N) is 3. The molecule has 0 radical (unpaired) electrons. The van der Waals surface area contributed by atoms with Crippen LogP contribution in [0.2, 0.25) is 5.02 Å². The van der Waals surface area contributed by atoms with Crippen molar-refractivity contribution in [2.75, 3.05) is 10.6 Å². The second-order valence-electron chi connectivity index (χ2n) is 5.68. The third kappa shape index (κ3) is 4.15. The summed E-state index contributed by atoms with van der Waals surface area (Å²) in [6.07, 6.45) is 4.19. The van der Waals surface area contributed by atoms with Crippen LogP contribution in [0, 0.1) is 12.7 Å². The smallest absolute Gasteiger partial charge is 0.271 e. The summed E-state index contributed by atoms with van der Waals surface area (Å²) in [4.78, 5) is 27.0. The third-order valence-electron chi connectivity index (χ3n) is 3.63. The molecule has 0 saturated carbocycles. The van der Waals surface area contributed by atoms with Gasteiger partial charge in [-0.1, -0.05) is 11.6 Å². The Morgan fingerprint density at radius 1 is 1.27 bits per heavy atom. The molecule has 9 heteroatoms. The maximum Gasteiger partial charge on any atom is 0.271 e. The molecular formula is C17H16ClFN6O. The number of hydrogen-bond acceptors (Lipinski definition) is 6. The van der Waals surface area contributed by atoms with Gasteiger partial charge in [0.15, 0.2) is 0 Å². The summed E-state index contributed by atoms with van der Waals surface area (Å²) in [5.74, 6) is 0.419. The highest BCUT2D eigenvalue weighted by atomic mass is 35.5. The molecule has 26 heavy (non-hydrogen) atoms. The molecule has 3 rings (SSSR count). The van der Waals surface area contributed by atoms with Gasteiger partial charge in [0.05, 0.1) is 23.0 Å². The Hall–Kier alpha value is -3.00. The average Bonchev–Trinajstić information content (AvgIpc) is 2.61. The molecule has 0 saturated heterocycles. The minimum absolute atomic E-state index is 0.202. The number of aromatic nitrogens is 4. The van der Waals surface area contributed by atoms with E-state index >= 15 is 0 Å². The van der Waals surface area contributed by atoms with Crippen LogP contribution >= 0.6 is 11.6 Å². The van der Waals surface area contributed by atoms with E-state index in [0.717, 1.165) is 5.56 Å². The first-order valence-electron chi connectivity index (χ1n) is 7.79. The lowest BCUT2D eigenvalue weighted by molar-refractivity contribution is 0.617. The summed E-state index contributed by atoms with van der Waals surface area (Å²) >= 11 is 5.89. The van der Waals surface area contributed by atoms with Crippen LogP contribution in [0.1, 0.15) is 24.2 Å². The van der Waals surface area contributed by atoms with Gasteiger partial charge >= 0.3 is 0 Å². The van der Waals surface area contributed by atoms with Gasteiger partial charge in [-0.05, 0) is 32.0 Å². The van der Waals surface area contributed by atoms with Crippen LogP contribution < -0.4 is 16.2 Å². The van der Waals surface area contributed by atoms with Gasteiger partial charge in [-0.3, -0.25) is 9.78 Å². The zero-order chi connectivity index (χ0) is 18.7. The Morgan fingerprint density at radius 2 is 2.08 bits per heavy atom. The number of hydrogen-bond donors (Lipinski definition) is 3. The van der Waals surface area contributed by atoms with Crippen LogP contribution in [0.25, 0.3) is 0 Å². The average molecular weight is 375 g/mol. The summed E-state index contributed by atoms with van der Waals surface area (Å²) in [6.45, 7) is 3.74. The molecule has 3 aromatic heterocycles. The number of H-pyrrole nitrogens is 1. The van der Waals surface area contributed by atoms with Crippen LogP contribution in [0.3, 0.4) is 0 Å². The Labute approximate surface area is 153 Å². The quantitative estimate of drug-likeness (QED) is 0.631. The first kappa shape index (κ1) is 17.8. The van der Waals surface area contributed by atoms with Crippen molar-refractivity contribution in [3.05, 3.63) is 69.2 Å². The molecule has 3 heterocycles. The van der Waals surface area contributed by atoms with Crippen LogP contribution in [0.5, 0.6) is 0 Å². The van der Waals surface area contributed by atoms with Crippen molar-refractivity contribution in [1.82, 2.24) is 19.9 Å². The summed E-state index contributed by atoms with van der Waals surface area (Å²) in [5.41, 5.74) is 1.38.